The van der Waals surface area contributed by atoms with Gasteiger partial charge >= 0.3 is 0 Å². The van der Waals surface area contributed by atoms with E-state index in [1.165, 1.54) is 11.0 Å². The van der Waals surface area contributed by atoms with E-state index in [9.17, 15) is 9.59 Å². The van der Waals surface area contributed by atoms with E-state index in [0.29, 0.717) is 11.1 Å². The van der Waals surface area contributed by atoms with Crippen LogP contribution in [0.2, 0.25) is 5.02 Å². The lowest BCUT2D eigenvalue weighted by atomic mass is 10.2. The summed E-state index contributed by atoms with van der Waals surface area (Å²) in [6.07, 6.45) is 5.24. The molecule has 5 heteroatoms. The van der Waals surface area contributed by atoms with Crippen molar-refractivity contribution < 1.29 is 9.59 Å². The summed E-state index contributed by atoms with van der Waals surface area (Å²) < 4.78 is 0. The Hall–Kier alpha value is -1.81. The fraction of sp³-hybridized carbons (Fsp3) is 0.333. The minimum Gasteiger partial charge on any atom is -0.352 e. The van der Waals surface area contributed by atoms with Crippen LogP contribution in [0.25, 0.3) is 6.08 Å². The Morgan fingerprint density at radius 2 is 2.00 bits per heavy atom. The van der Waals surface area contributed by atoms with E-state index in [2.05, 4.69) is 5.32 Å². The molecule has 0 aliphatic heterocycles. The molecule has 0 heterocycles. The second-order valence-corrected chi connectivity index (χ2v) is 5.36. The zero-order valence-electron chi connectivity index (χ0n) is 11.3. The van der Waals surface area contributed by atoms with Gasteiger partial charge in [-0.2, -0.15) is 0 Å². The van der Waals surface area contributed by atoms with E-state index >= 15 is 0 Å². The first-order valence-corrected chi connectivity index (χ1v) is 6.90. The first kappa shape index (κ1) is 14.6. The average molecular weight is 293 g/mol. The van der Waals surface area contributed by atoms with Gasteiger partial charge in [0.1, 0.15) is 0 Å². The summed E-state index contributed by atoms with van der Waals surface area (Å²) in [4.78, 5) is 24.8. The molecule has 0 radical (unpaired) electrons. The Bertz CT molecular complexity index is 521. The molecule has 1 aliphatic rings. The molecule has 0 aromatic heterocycles. The molecule has 0 bridgehead atoms. The molecule has 4 nitrogen and oxygen atoms in total. The van der Waals surface area contributed by atoms with Gasteiger partial charge in [0.25, 0.3) is 0 Å². The van der Waals surface area contributed by atoms with Gasteiger partial charge in [0.2, 0.25) is 11.8 Å². The maximum Gasteiger partial charge on any atom is 0.246 e. The van der Waals surface area contributed by atoms with Crippen LogP contribution in [0.3, 0.4) is 0 Å². The molecule has 1 saturated carbocycles. The molecule has 1 fully saturated rings. The predicted octanol–water partition coefficient (Wildman–Crippen LogP) is 2.09. The van der Waals surface area contributed by atoms with E-state index in [4.69, 9.17) is 11.6 Å². The van der Waals surface area contributed by atoms with Gasteiger partial charge in [-0.1, -0.05) is 23.7 Å². The molecule has 0 atom stereocenters. The predicted molar refractivity (Wildman–Crippen MR) is 79.3 cm³/mol. The normalized spacial score (nSPS) is 14.3. The van der Waals surface area contributed by atoms with Gasteiger partial charge in [-0.3, -0.25) is 9.59 Å². The summed E-state index contributed by atoms with van der Waals surface area (Å²) in [6.45, 7) is 0.0836. The van der Waals surface area contributed by atoms with Gasteiger partial charge in [0, 0.05) is 24.2 Å². The van der Waals surface area contributed by atoms with E-state index in [1.54, 1.807) is 25.3 Å². The fourth-order valence-corrected chi connectivity index (χ4v) is 1.79. The number of hydrogen-bond acceptors (Lipinski definition) is 2. The van der Waals surface area contributed by atoms with Crippen molar-refractivity contribution in [3.8, 4) is 0 Å². The largest absolute Gasteiger partial charge is 0.352 e. The highest BCUT2D eigenvalue weighted by molar-refractivity contribution is 6.30. The number of benzene rings is 1. The molecule has 1 aliphatic carbocycles. The van der Waals surface area contributed by atoms with Gasteiger partial charge in [-0.25, -0.2) is 0 Å². The van der Waals surface area contributed by atoms with Crippen molar-refractivity contribution in [2.45, 2.75) is 18.9 Å². The Morgan fingerprint density at radius 3 is 2.60 bits per heavy atom. The van der Waals surface area contributed by atoms with Crippen LogP contribution in [0.15, 0.2) is 30.3 Å². The first-order chi connectivity index (χ1) is 9.54. The maximum atomic E-state index is 11.9. The monoisotopic (exact) mass is 292 g/mol. The van der Waals surface area contributed by atoms with Crippen LogP contribution < -0.4 is 5.32 Å². The van der Waals surface area contributed by atoms with Crippen LogP contribution in [-0.4, -0.2) is 36.3 Å². The summed E-state index contributed by atoms with van der Waals surface area (Å²) in [5.74, 6) is -0.311. The summed E-state index contributed by atoms with van der Waals surface area (Å²) in [5, 5.41) is 3.50. The van der Waals surface area contributed by atoms with Gasteiger partial charge in [0.15, 0.2) is 0 Å². The average Bonchev–Trinajstić information content (AvgIpc) is 3.21. The zero-order valence-corrected chi connectivity index (χ0v) is 12.1. The van der Waals surface area contributed by atoms with Gasteiger partial charge in [0.05, 0.1) is 6.54 Å². The molecule has 106 valence electrons. The van der Waals surface area contributed by atoms with Crippen LogP contribution in [0.4, 0.5) is 0 Å². The van der Waals surface area contributed by atoms with Crippen molar-refractivity contribution in [3.63, 3.8) is 0 Å². The number of amides is 2. The van der Waals surface area contributed by atoms with Gasteiger partial charge in [-0.05, 0) is 36.6 Å². The fourth-order valence-electron chi connectivity index (χ4n) is 1.66. The molecule has 20 heavy (non-hydrogen) atoms. The number of carbonyl (C=O) groups excluding carboxylic acids is 2. The summed E-state index contributed by atoms with van der Waals surface area (Å²) in [7, 11) is 1.61. The van der Waals surface area contributed by atoms with Crippen molar-refractivity contribution >= 4 is 29.5 Å². The van der Waals surface area contributed by atoms with Crippen molar-refractivity contribution in [3.05, 3.63) is 40.9 Å². The van der Waals surface area contributed by atoms with Gasteiger partial charge in [-0.15, -0.1) is 0 Å². The van der Waals surface area contributed by atoms with E-state index in [0.717, 1.165) is 18.4 Å². The Morgan fingerprint density at radius 1 is 1.35 bits per heavy atom. The standard InChI is InChI=1S/C15H17ClN2O2/c1-18(10-14(19)17-13-7-8-13)15(20)9-4-11-2-5-12(16)6-3-11/h2-6,9,13H,7-8,10H2,1H3,(H,17,19)/b9-4+. The number of hydrogen-bond donors (Lipinski definition) is 1. The quantitative estimate of drug-likeness (QED) is 0.845. The molecule has 0 unspecified atom stereocenters. The second-order valence-electron chi connectivity index (χ2n) is 4.92. The minimum absolute atomic E-state index is 0.0836. The second kappa shape index (κ2) is 6.57. The van der Waals surface area contributed by atoms with Crippen LogP contribution >= 0.6 is 11.6 Å². The SMILES string of the molecule is CN(CC(=O)NC1CC1)C(=O)/C=C/c1ccc(Cl)cc1. The third-order valence-corrected chi connectivity index (χ3v) is 3.24. The maximum absolute atomic E-state index is 11.9. The lowest BCUT2D eigenvalue weighted by Gasteiger charge is -2.14. The van der Waals surface area contributed by atoms with Crippen molar-refractivity contribution in [1.82, 2.24) is 10.2 Å². The van der Waals surface area contributed by atoms with E-state index in [1.807, 2.05) is 12.1 Å². The topological polar surface area (TPSA) is 49.4 Å². The number of rotatable bonds is 5. The van der Waals surface area contributed by atoms with Crippen LogP contribution in [0.5, 0.6) is 0 Å². The van der Waals surface area contributed by atoms with Crippen LogP contribution in [0.1, 0.15) is 18.4 Å². The van der Waals surface area contributed by atoms with Crippen molar-refractivity contribution in [1.29, 1.82) is 0 Å². The molecular formula is C15H17ClN2O2. The zero-order chi connectivity index (χ0) is 14.5. The summed E-state index contributed by atoms with van der Waals surface area (Å²) in [6, 6.07) is 7.49. The number of nitrogens with zero attached hydrogens (tertiary/aromatic N) is 1. The minimum atomic E-state index is -0.203. The molecule has 1 aromatic rings. The van der Waals surface area contributed by atoms with Crippen LogP contribution in [-0.2, 0) is 9.59 Å². The Balaban J connectivity index is 1.83. The van der Waals surface area contributed by atoms with Crippen LogP contribution in [0, 0.1) is 0 Å². The van der Waals surface area contributed by atoms with E-state index < -0.39 is 0 Å². The lowest BCUT2D eigenvalue weighted by molar-refractivity contribution is -0.131. The molecule has 0 saturated heterocycles. The first-order valence-electron chi connectivity index (χ1n) is 6.53. The molecule has 2 rings (SSSR count). The third-order valence-electron chi connectivity index (χ3n) is 2.99. The Labute approximate surface area is 123 Å². The number of likely N-dealkylation sites (N-methyl/N-ethyl adjacent to an activating group) is 1. The van der Waals surface area contributed by atoms with Crippen molar-refractivity contribution in [2.24, 2.45) is 0 Å². The summed E-state index contributed by atoms with van der Waals surface area (Å²) >= 11 is 5.78. The highest BCUT2D eigenvalue weighted by Gasteiger charge is 2.23. The Kier molecular flexibility index (Phi) is 4.79. The lowest BCUT2D eigenvalue weighted by Crippen LogP contribution is -2.38. The number of nitrogens with one attached hydrogen (secondary N) is 1. The summed E-state index contributed by atoms with van der Waals surface area (Å²) in [5.41, 5.74) is 0.888. The highest BCUT2D eigenvalue weighted by atomic mass is 35.5. The van der Waals surface area contributed by atoms with Gasteiger partial charge < -0.3 is 10.2 Å². The molecule has 2 amide bonds. The number of carbonyl (C=O) groups is 2. The smallest absolute Gasteiger partial charge is 0.246 e. The number of halogens is 1. The molecular weight excluding hydrogens is 276 g/mol. The molecule has 1 aromatic carbocycles. The van der Waals surface area contributed by atoms with Crippen molar-refractivity contribution in [2.75, 3.05) is 13.6 Å². The molecule has 0 spiro atoms. The highest BCUT2D eigenvalue weighted by Crippen LogP contribution is 2.18. The van der Waals surface area contributed by atoms with E-state index in [-0.39, 0.29) is 18.4 Å². The molecule has 1 N–H and O–H groups in total. The third kappa shape index (κ3) is 4.70.